The van der Waals surface area contributed by atoms with E-state index in [9.17, 15) is 13.2 Å². The summed E-state index contributed by atoms with van der Waals surface area (Å²) in [5, 5.41) is 0. The molecule has 0 unspecified atom stereocenters. The molecule has 8 heteroatoms. The van der Waals surface area contributed by atoms with Gasteiger partial charge in [0, 0.05) is 37.8 Å². The molecule has 4 rings (SSSR count). The molecular weight excluding hydrogens is 365 g/mol. The lowest BCUT2D eigenvalue weighted by molar-refractivity contribution is -0.141. The zero-order valence-corrected chi connectivity index (χ0v) is 15.0. The molecule has 3 heterocycles. The molecule has 2 saturated heterocycles. The minimum Gasteiger partial charge on any atom is -0.340 e. The van der Waals surface area contributed by atoms with Crippen LogP contribution in [0.15, 0.2) is 42.6 Å². The summed E-state index contributed by atoms with van der Waals surface area (Å²) in [4.78, 5) is 12.1. The number of rotatable bonds is 2. The number of hydrogen-bond donors (Lipinski definition) is 0. The summed E-state index contributed by atoms with van der Waals surface area (Å²) in [5.74, 6) is 0.956. The molecule has 0 spiro atoms. The smallest absolute Gasteiger partial charge is 0.340 e. The van der Waals surface area contributed by atoms with Gasteiger partial charge in [0.25, 0.3) is 0 Å². The highest BCUT2D eigenvalue weighted by Crippen LogP contribution is 2.44. The zero-order chi connectivity index (χ0) is 17.6. The number of alkyl halides is 3. The van der Waals surface area contributed by atoms with E-state index in [0.29, 0.717) is 24.9 Å². The lowest BCUT2D eigenvalue weighted by Gasteiger charge is -2.27. The van der Waals surface area contributed by atoms with Gasteiger partial charge in [-0.15, -0.1) is 12.4 Å². The van der Waals surface area contributed by atoms with Crippen LogP contribution in [0.4, 0.5) is 19.1 Å². The lowest BCUT2D eigenvalue weighted by atomic mass is 9.90. The van der Waals surface area contributed by atoms with Crippen molar-refractivity contribution in [3.8, 4) is 0 Å². The van der Waals surface area contributed by atoms with Crippen molar-refractivity contribution in [3.05, 3.63) is 53.9 Å². The van der Waals surface area contributed by atoms with Gasteiger partial charge in [-0.2, -0.15) is 13.2 Å². The van der Waals surface area contributed by atoms with Gasteiger partial charge in [0.2, 0.25) is 5.95 Å². The largest absolute Gasteiger partial charge is 0.433 e. The number of hydrogen-bond acceptors (Lipinski definition) is 4. The molecule has 4 nitrogen and oxygen atoms in total. The van der Waals surface area contributed by atoms with Gasteiger partial charge in [0.15, 0.2) is 0 Å². The maximum atomic E-state index is 12.9. The second-order valence-electron chi connectivity index (χ2n) is 6.86. The third kappa shape index (κ3) is 3.38. The quantitative estimate of drug-likeness (QED) is 0.791. The van der Waals surface area contributed by atoms with Crippen LogP contribution in [0.5, 0.6) is 0 Å². The van der Waals surface area contributed by atoms with E-state index in [0.717, 1.165) is 12.6 Å². The van der Waals surface area contributed by atoms with E-state index in [1.54, 1.807) is 0 Å². The van der Waals surface area contributed by atoms with Crippen molar-refractivity contribution in [1.29, 1.82) is 0 Å². The molecule has 26 heavy (non-hydrogen) atoms. The first-order valence-electron chi connectivity index (χ1n) is 8.34. The number of fused-ring (bicyclic) bond motifs is 1. The van der Waals surface area contributed by atoms with Gasteiger partial charge in [0.05, 0.1) is 0 Å². The van der Waals surface area contributed by atoms with Crippen molar-refractivity contribution in [1.82, 2.24) is 14.9 Å². The first-order chi connectivity index (χ1) is 11.9. The van der Waals surface area contributed by atoms with E-state index in [4.69, 9.17) is 0 Å². The van der Waals surface area contributed by atoms with Crippen LogP contribution in [0.1, 0.15) is 17.3 Å². The van der Waals surface area contributed by atoms with Gasteiger partial charge in [-0.05, 0) is 24.6 Å². The molecule has 1 aromatic heterocycles. The fraction of sp³-hybridized carbons (Fsp3) is 0.444. The summed E-state index contributed by atoms with van der Waals surface area (Å²) in [6, 6.07) is 11.5. The first-order valence-corrected chi connectivity index (χ1v) is 8.34. The Hall–Kier alpha value is -1.86. The fourth-order valence-corrected chi connectivity index (χ4v) is 4.23. The molecule has 2 aliphatic heterocycles. The van der Waals surface area contributed by atoms with E-state index in [-0.39, 0.29) is 24.4 Å². The molecule has 1 aromatic carbocycles. The van der Waals surface area contributed by atoms with Crippen molar-refractivity contribution in [3.63, 3.8) is 0 Å². The molecule has 2 fully saturated rings. The Labute approximate surface area is 156 Å². The summed E-state index contributed by atoms with van der Waals surface area (Å²) in [5.41, 5.74) is 0.371. The highest BCUT2D eigenvalue weighted by Gasteiger charge is 2.47. The number of halogens is 4. The first kappa shape index (κ1) is 18.9. The fourth-order valence-electron chi connectivity index (χ4n) is 4.23. The van der Waals surface area contributed by atoms with E-state index in [1.165, 1.54) is 11.8 Å². The van der Waals surface area contributed by atoms with Gasteiger partial charge in [-0.25, -0.2) is 9.97 Å². The molecule has 140 valence electrons. The van der Waals surface area contributed by atoms with Gasteiger partial charge in [-0.3, -0.25) is 4.90 Å². The summed E-state index contributed by atoms with van der Waals surface area (Å²) in [6.07, 6.45) is -3.25. The predicted molar refractivity (Wildman–Crippen MR) is 95.3 cm³/mol. The molecular formula is C18H20ClF3N4. The molecule has 0 radical (unpaired) electrons. The maximum Gasteiger partial charge on any atom is 0.433 e. The van der Waals surface area contributed by atoms with E-state index >= 15 is 0 Å². The van der Waals surface area contributed by atoms with E-state index in [2.05, 4.69) is 34.0 Å². The second-order valence-corrected chi connectivity index (χ2v) is 6.86. The summed E-state index contributed by atoms with van der Waals surface area (Å²) >= 11 is 0. The minimum atomic E-state index is -4.44. The third-order valence-electron chi connectivity index (χ3n) is 5.25. The lowest BCUT2D eigenvalue weighted by Crippen LogP contribution is -2.30. The van der Waals surface area contributed by atoms with Crippen molar-refractivity contribution in [2.24, 2.45) is 11.8 Å². The Balaban J connectivity index is 0.00000196. The topological polar surface area (TPSA) is 32.3 Å². The Kier molecular flexibility index (Phi) is 5.12. The average Bonchev–Trinajstić information content (AvgIpc) is 3.11. The number of likely N-dealkylation sites (tertiary alicyclic amines) is 1. The molecule has 0 N–H and O–H groups in total. The monoisotopic (exact) mass is 384 g/mol. The highest BCUT2D eigenvalue weighted by atomic mass is 35.5. The van der Waals surface area contributed by atoms with Crippen molar-refractivity contribution in [2.75, 3.05) is 31.6 Å². The van der Waals surface area contributed by atoms with Gasteiger partial charge in [0.1, 0.15) is 5.69 Å². The number of benzene rings is 1. The molecule has 0 bridgehead atoms. The standard InChI is InChI=1S/C18H19F3N4.ClH/c1-24-9-13-10-25(17-22-8-7-15(23-17)18(19,20)21)11-14(13)16(24)12-5-3-2-4-6-12;/h2-8,13-14,16H,9-11H2,1H3;1H/t13-,14+,16-;/m0./s1. The van der Waals surface area contributed by atoms with Crippen LogP contribution in [-0.4, -0.2) is 41.5 Å². The van der Waals surface area contributed by atoms with E-state index in [1.807, 2.05) is 23.1 Å². The Bertz CT molecular complexity index is 756. The normalized spacial score (nSPS) is 25.8. The highest BCUT2D eigenvalue weighted by molar-refractivity contribution is 5.85. The van der Waals surface area contributed by atoms with Crippen molar-refractivity contribution in [2.45, 2.75) is 12.2 Å². The summed E-state index contributed by atoms with van der Waals surface area (Å²) in [6.45, 7) is 2.30. The van der Waals surface area contributed by atoms with Crippen LogP contribution >= 0.6 is 12.4 Å². The maximum absolute atomic E-state index is 12.9. The van der Waals surface area contributed by atoms with E-state index < -0.39 is 11.9 Å². The Morgan fingerprint density at radius 2 is 1.77 bits per heavy atom. The minimum absolute atomic E-state index is 0. The molecule has 0 aliphatic carbocycles. The average molecular weight is 385 g/mol. The molecule has 2 aromatic rings. The van der Waals surface area contributed by atoms with Crippen LogP contribution in [-0.2, 0) is 6.18 Å². The van der Waals surface area contributed by atoms with Gasteiger partial charge in [-0.1, -0.05) is 30.3 Å². The molecule has 2 aliphatic rings. The summed E-state index contributed by atoms with van der Waals surface area (Å²) < 4.78 is 38.7. The molecule has 3 atom stereocenters. The number of nitrogens with zero attached hydrogens (tertiary/aromatic N) is 4. The van der Waals surface area contributed by atoms with Gasteiger partial charge < -0.3 is 4.90 Å². The third-order valence-corrected chi connectivity index (χ3v) is 5.25. The molecule has 0 amide bonds. The number of aromatic nitrogens is 2. The molecule has 0 saturated carbocycles. The van der Waals surface area contributed by atoms with Crippen molar-refractivity contribution >= 4 is 18.4 Å². The van der Waals surface area contributed by atoms with Crippen LogP contribution in [0, 0.1) is 11.8 Å². The van der Waals surface area contributed by atoms with Crippen LogP contribution in [0.25, 0.3) is 0 Å². The van der Waals surface area contributed by atoms with Crippen LogP contribution < -0.4 is 4.90 Å². The Morgan fingerprint density at radius 3 is 2.46 bits per heavy atom. The second kappa shape index (κ2) is 7.04. The van der Waals surface area contributed by atoms with Crippen LogP contribution in [0.3, 0.4) is 0 Å². The zero-order valence-electron chi connectivity index (χ0n) is 14.2. The Morgan fingerprint density at radius 1 is 1.04 bits per heavy atom. The van der Waals surface area contributed by atoms with Crippen molar-refractivity contribution < 1.29 is 13.2 Å². The summed E-state index contributed by atoms with van der Waals surface area (Å²) in [7, 11) is 2.11. The number of anilines is 1. The van der Waals surface area contributed by atoms with Gasteiger partial charge >= 0.3 is 6.18 Å². The predicted octanol–water partition coefficient (Wildman–Crippen LogP) is 3.66. The van der Waals surface area contributed by atoms with Crippen LogP contribution in [0.2, 0.25) is 0 Å². The SMILES string of the molecule is CN1C[C@H]2CN(c3nccc(C(F)(F)F)n3)C[C@H]2[C@@H]1c1ccccc1.Cl.